The van der Waals surface area contributed by atoms with Crippen LogP contribution in [0.2, 0.25) is 0 Å². The highest BCUT2D eigenvalue weighted by atomic mass is 16.2. The first-order chi connectivity index (χ1) is 5.87. The number of nitrogens with zero attached hydrogens (tertiary/aromatic N) is 1. The van der Waals surface area contributed by atoms with Crippen LogP contribution in [-0.4, -0.2) is 24.4 Å². The Morgan fingerprint density at radius 2 is 1.85 bits per heavy atom. The summed E-state index contributed by atoms with van der Waals surface area (Å²) in [6, 6.07) is 0. The van der Waals surface area contributed by atoms with Gasteiger partial charge in [0.25, 0.3) is 0 Å². The first-order valence-electron chi connectivity index (χ1n) is 5.11. The van der Waals surface area contributed by atoms with Gasteiger partial charge in [0.05, 0.1) is 0 Å². The van der Waals surface area contributed by atoms with E-state index in [1.807, 2.05) is 11.9 Å². The van der Waals surface area contributed by atoms with Crippen molar-refractivity contribution in [1.29, 1.82) is 0 Å². The Morgan fingerprint density at radius 1 is 1.31 bits per heavy atom. The van der Waals surface area contributed by atoms with E-state index in [9.17, 15) is 4.79 Å². The van der Waals surface area contributed by atoms with E-state index >= 15 is 0 Å². The predicted molar refractivity (Wildman–Crippen MR) is 56.6 cm³/mol. The van der Waals surface area contributed by atoms with Crippen molar-refractivity contribution in [2.45, 2.75) is 47.0 Å². The SMILES string of the molecule is CCCN(C)C(=O)CCC(C)(C)C. The number of carbonyl (C=O) groups excluding carboxylic acids is 1. The van der Waals surface area contributed by atoms with Crippen molar-refractivity contribution in [3.05, 3.63) is 0 Å². The zero-order valence-corrected chi connectivity index (χ0v) is 9.68. The maximum Gasteiger partial charge on any atom is 0.222 e. The van der Waals surface area contributed by atoms with Crippen LogP contribution >= 0.6 is 0 Å². The predicted octanol–water partition coefficient (Wildman–Crippen LogP) is 2.68. The summed E-state index contributed by atoms with van der Waals surface area (Å²) in [5.74, 6) is 0.275. The lowest BCUT2D eigenvalue weighted by atomic mass is 9.90. The molecule has 78 valence electrons. The Labute approximate surface area is 82.3 Å². The van der Waals surface area contributed by atoms with E-state index in [2.05, 4.69) is 27.7 Å². The van der Waals surface area contributed by atoms with Gasteiger partial charge >= 0.3 is 0 Å². The zero-order chi connectivity index (χ0) is 10.5. The van der Waals surface area contributed by atoms with E-state index in [4.69, 9.17) is 0 Å². The monoisotopic (exact) mass is 185 g/mol. The molecule has 0 aliphatic rings. The molecule has 0 rings (SSSR count). The van der Waals surface area contributed by atoms with E-state index in [1.54, 1.807) is 0 Å². The van der Waals surface area contributed by atoms with E-state index in [0.29, 0.717) is 6.42 Å². The molecule has 0 saturated carbocycles. The molecule has 0 heterocycles. The molecule has 2 nitrogen and oxygen atoms in total. The fraction of sp³-hybridized carbons (Fsp3) is 0.909. The zero-order valence-electron chi connectivity index (χ0n) is 9.68. The van der Waals surface area contributed by atoms with Gasteiger partial charge in [0.1, 0.15) is 0 Å². The van der Waals surface area contributed by atoms with Crippen LogP contribution in [0.1, 0.15) is 47.0 Å². The Bertz CT molecular complexity index is 158. The van der Waals surface area contributed by atoms with Gasteiger partial charge in [-0.15, -0.1) is 0 Å². The number of hydrogen-bond donors (Lipinski definition) is 0. The van der Waals surface area contributed by atoms with Gasteiger partial charge in [-0.05, 0) is 18.3 Å². The molecule has 1 amide bonds. The average molecular weight is 185 g/mol. The fourth-order valence-electron chi connectivity index (χ4n) is 1.13. The van der Waals surface area contributed by atoms with Gasteiger partial charge in [-0.1, -0.05) is 27.7 Å². The van der Waals surface area contributed by atoms with Gasteiger partial charge < -0.3 is 4.90 Å². The molecule has 0 fully saturated rings. The molecule has 13 heavy (non-hydrogen) atoms. The van der Waals surface area contributed by atoms with E-state index in [1.165, 1.54) is 0 Å². The molecule has 0 aliphatic carbocycles. The number of carbonyl (C=O) groups is 1. The van der Waals surface area contributed by atoms with Crippen molar-refractivity contribution in [3.63, 3.8) is 0 Å². The van der Waals surface area contributed by atoms with Gasteiger partial charge in [0.2, 0.25) is 5.91 Å². The van der Waals surface area contributed by atoms with Crippen LogP contribution in [0, 0.1) is 5.41 Å². The largest absolute Gasteiger partial charge is 0.346 e. The molecule has 0 saturated heterocycles. The second kappa shape index (κ2) is 5.25. The van der Waals surface area contributed by atoms with E-state index in [-0.39, 0.29) is 11.3 Å². The molecule has 0 spiro atoms. The third-order valence-corrected chi connectivity index (χ3v) is 2.07. The standard InChI is InChI=1S/C11H23NO/c1-6-9-12(5)10(13)7-8-11(2,3)4/h6-9H2,1-5H3. The molecule has 0 aromatic carbocycles. The topological polar surface area (TPSA) is 20.3 Å². The summed E-state index contributed by atoms with van der Waals surface area (Å²) < 4.78 is 0. The first-order valence-corrected chi connectivity index (χ1v) is 5.11. The Kier molecular flexibility index (Phi) is 5.04. The summed E-state index contributed by atoms with van der Waals surface area (Å²) in [5.41, 5.74) is 0.267. The van der Waals surface area contributed by atoms with Crippen LogP contribution in [0.15, 0.2) is 0 Å². The van der Waals surface area contributed by atoms with Crippen molar-refractivity contribution < 1.29 is 4.79 Å². The molecule has 0 N–H and O–H groups in total. The van der Waals surface area contributed by atoms with Crippen molar-refractivity contribution in [3.8, 4) is 0 Å². The maximum atomic E-state index is 11.5. The van der Waals surface area contributed by atoms with Crippen LogP contribution in [0.5, 0.6) is 0 Å². The molecule has 0 atom stereocenters. The van der Waals surface area contributed by atoms with Crippen molar-refractivity contribution >= 4 is 5.91 Å². The third-order valence-electron chi connectivity index (χ3n) is 2.07. The Morgan fingerprint density at radius 3 is 2.23 bits per heavy atom. The van der Waals surface area contributed by atoms with Gasteiger partial charge in [-0.3, -0.25) is 4.79 Å². The summed E-state index contributed by atoms with van der Waals surface area (Å²) >= 11 is 0. The summed E-state index contributed by atoms with van der Waals surface area (Å²) in [7, 11) is 1.88. The molecule has 0 radical (unpaired) electrons. The van der Waals surface area contributed by atoms with Gasteiger partial charge in [0, 0.05) is 20.0 Å². The Balaban J connectivity index is 3.74. The minimum Gasteiger partial charge on any atom is -0.346 e. The lowest BCUT2D eigenvalue weighted by molar-refractivity contribution is -0.130. The minimum atomic E-state index is 0.267. The van der Waals surface area contributed by atoms with Crippen molar-refractivity contribution in [2.75, 3.05) is 13.6 Å². The highest BCUT2D eigenvalue weighted by molar-refractivity contribution is 5.75. The average Bonchev–Trinajstić information content (AvgIpc) is 1.99. The van der Waals surface area contributed by atoms with Crippen molar-refractivity contribution in [1.82, 2.24) is 4.90 Å². The molecular formula is C11H23NO. The summed E-state index contributed by atoms with van der Waals surface area (Å²) in [6.45, 7) is 9.47. The summed E-state index contributed by atoms with van der Waals surface area (Å²) in [6.07, 6.45) is 2.69. The lowest BCUT2D eigenvalue weighted by Crippen LogP contribution is -2.28. The second-order valence-electron chi connectivity index (χ2n) is 4.88. The smallest absolute Gasteiger partial charge is 0.222 e. The van der Waals surface area contributed by atoms with Crippen molar-refractivity contribution in [2.24, 2.45) is 5.41 Å². The van der Waals surface area contributed by atoms with Crippen LogP contribution in [0.4, 0.5) is 0 Å². The molecule has 0 bridgehead atoms. The molecular weight excluding hydrogens is 162 g/mol. The third kappa shape index (κ3) is 6.62. The number of amides is 1. The van der Waals surface area contributed by atoms with Gasteiger partial charge in [0.15, 0.2) is 0 Å². The van der Waals surface area contributed by atoms with Crippen LogP contribution in [0.3, 0.4) is 0 Å². The quantitative estimate of drug-likeness (QED) is 0.659. The minimum absolute atomic E-state index is 0.267. The number of hydrogen-bond acceptors (Lipinski definition) is 1. The second-order valence-corrected chi connectivity index (χ2v) is 4.88. The Hall–Kier alpha value is -0.530. The summed E-state index contributed by atoms with van der Waals surface area (Å²) in [4.78, 5) is 13.3. The fourth-order valence-corrected chi connectivity index (χ4v) is 1.13. The van der Waals surface area contributed by atoms with Gasteiger partial charge in [-0.2, -0.15) is 0 Å². The van der Waals surface area contributed by atoms with Gasteiger partial charge in [-0.25, -0.2) is 0 Å². The molecule has 0 aromatic rings. The molecule has 2 heteroatoms. The highest BCUT2D eigenvalue weighted by Gasteiger charge is 2.14. The normalized spacial score (nSPS) is 11.5. The highest BCUT2D eigenvalue weighted by Crippen LogP contribution is 2.20. The first kappa shape index (κ1) is 12.5. The van der Waals surface area contributed by atoms with Crippen LogP contribution in [0.25, 0.3) is 0 Å². The molecule has 0 aromatic heterocycles. The molecule has 0 aliphatic heterocycles. The number of rotatable bonds is 4. The maximum absolute atomic E-state index is 11.5. The van der Waals surface area contributed by atoms with E-state index < -0.39 is 0 Å². The van der Waals surface area contributed by atoms with E-state index in [0.717, 1.165) is 19.4 Å². The lowest BCUT2D eigenvalue weighted by Gasteiger charge is -2.21. The molecule has 0 unspecified atom stereocenters. The van der Waals surface area contributed by atoms with Crippen LogP contribution in [-0.2, 0) is 4.79 Å². The van der Waals surface area contributed by atoms with Crippen LogP contribution < -0.4 is 0 Å². The summed E-state index contributed by atoms with van der Waals surface area (Å²) in [5, 5.41) is 0.